The number of aromatic carboxylic acids is 1. The van der Waals surface area contributed by atoms with E-state index in [-0.39, 0.29) is 17.3 Å². The van der Waals surface area contributed by atoms with E-state index in [4.69, 9.17) is 5.11 Å². The number of benzene rings is 1. The molecule has 21 heavy (non-hydrogen) atoms. The summed E-state index contributed by atoms with van der Waals surface area (Å²) in [6, 6.07) is 0.196. The van der Waals surface area contributed by atoms with Crippen molar-refractivity contribution in [3.8, 4) is 0 Å². The van der Waals surface area contributed by atoms with Crippen molar-refractivity contribution in [2.75, 3.05) is 0 Å². The number of carboxylic acid groups (broad SMARTS) is 1. The molecule has 0 saturated carbocycles. The number of ketones is 1. The van der Waals surface area contributed by atoms with Gasteiger partial charge in [0.1, 0.15) is 5.56 Å². The van der Waals surface area contributed by atoms with Gasteiger partial charge in [-0.05, 0) is 13.0 Å². The van der Waals surface area contributed by atoms with Gasteiger partial charge in [-0.1, -0.05) is 0 Å². The zero-order valence-corrected chi connectivity index (χ0v) is 10.8. The zero-order valence-electron chi connectivity index (χ0n) is 10.8. The molecule has 0 spiro atoms. The Balaban J connectivity index is 2.62. The van der Waals surface area contributed by atoms with E-state index in [1.165, 1.54) is 4.57 Å². The minimum absolute atomic E-state index is 0.0485. The third-order valence-electron chi connectivity index (χ3n) is 3.67. The molecule has 0 unspecified atom stereocenters. The first kappa shape index (κ1) is 13.4. The lowest BCUT2D eigenvalue weighted by atomic mass is 9.94. The van der Waals surface area contributed by atoms with Gasteiger partial charge in [0.25, 0.3) is 0 Å². The number of halogens is 2. The molecule has 1 N–H and O–H groups in total. The number of aromatic nitrogens is 1. The molecule has 1 aromatic carbocycles. The number of carbonyl (C=O) groups is 2. The molecule has 0 amide bonds. The SMILES string of the molecule is C[C@@H]1CC(=O)c2c(F)c(F)cc3c(=O)c(C(=O)O)cn1c23. The van der Waals surface area contributed by atoms with Gasteiger partial charge >= 0.3 is 5.97 Å². The number of hydrogen-bond acceptors (Lipinski definition) is 3. The molecule has 1 aliphatic rings. The van der Waals surface area contributed by atoms with Gasteiger partial charge in [-0.3, -0.25) is 9.59 Å². The van der Waals surface area contributed by atoms with E-state index in [1.54, 1.807) is 6.92 Å². The molecule has 0 radical (unpaired) electrons. The summed E-state index contributed by atoms with van der Waals surface area (Å²) in [7, 11) is 0. The van der Waals surface area contributed by atoms with Crippen molar-refractivity contribution in [3.05, 3.63) is 45.2 Å². The predicted octanol–water partition coefficient (Wildman–Crippen LogP) is 2.13. The van der Waals surface area contributed by atoms with Crippen molar-refractivity contribution in [2.24, 2.45) is 0 Å². The highest BCUT2D eigenvalue weighted by molar-refractivity contribution is 6.09. The molecule has 7 heteroatoms. The monoisotopic (exact) mass is 293 g/mol. The van der Waals surface area contributed by atoms with Gasteiger partial charge in [-0.25, -0.2) is 13.6 Å². The third kappa shape index (κ3) is 1.70. The first-order valence-electron chi connectivity index (χ1n) is 6.16. The van der Waals surface area contributed by atoms with Crippen LogP contribution in [0.15, 0.2) is 17.1 Å². The van der Waals surface area contributed by atoms with Crippen molar-refractivity contribution in [1.82, 2.24) is 4.57 Å². The summed E-state index contributed by atoms with van der Waals surface area (Å²) in [5, 5.41) is 8.74. The van der Waals surface area contributed by atoms with E-state index >= 15 is 0 Å². The van der Waals surface area contributed by atoms with Crippen molar-refractivity contribution in [2.45, 2.75) is 19.4 Å². The summed E-state index contributed by atoms with van der Waals surface area (Å²) < 4.78 is 28.8. The van der Waals surface area contributed by atoms with Crippen LogP contribution in [-0.2, 0) is 0 Å². The Hall–Kier alpha value is -2.57. The Morgan fingerprint density at radius 2 is 2.05 bits per heavy atom. The van der Waals surface area contributed by atoms with Gasteiger partial charge in [-0.15, -0.1) is 0 Å². The molecule has 5 nitrogen and oxygen atoms in total. The third-order valence-corrected chi connectivity index (χ3v) is 3.67. The maximum Gasteiger partial charge on any atom is 0.341 e. The number of rotatable bonds is 1. The van der Waals surface area contributed by atoms with Gasteiger partial charge in [0.15, 0.2) is 17.4 Å². The molecule has 2 aromatic rings. The Morgan fingerprint density at radius 1 is 1.38 bits per heavy atom. The van der Waals surface area contributed by atoms with Crippen LogP contribution in [0, 0.1) is 11.6 Å². The Bertz CT molecular complexity index is 885. The van der Waals surface area contributed by atoms with Crippen molar-refractivity contribution >= 4 is 22.7 Å². The second kappa shape index (κ2) is 4.21. The molecule has 0 bridgehead atoms. The van der Waals surface area contributed by atoms with Gasteiger partial charge in [-0.2, -0.15) is 0 Å². The highest BCUT2D eigenvalue weighted by Crippen LogP contribution is 2.32. The van der Waals surface area contributed by atoms with E-state index in [0.29, 0.717) is 6.07 Å². The average Bonchev–Trinajstić information content (AvgIpc) is 2.40. The van der Waals surface area contributed by atoms with Crippen LogP contribution in [0.3, 0.4) is 0 Å². The minimum atomic E-state index is -1.46. The lowest BCUT2D eigenvalue weighted by Gasteiger charge is -2.25. The van der Waals surface area contributed by atoms with E-state index in [2.05, 4.69) is 0 Å². The summed E-state index contributed by atoms with van der Waals surface area (Å²) in [5.41, 5.74) is -2.01. The second-order valence-corrected chi connectivity index (χ2v) is 5.00. The van der Waals surface area contributed by atoms with Crippen molar-refractivity contribution in [1.29, 1.82) is 0 Å². The fourth-order valence-corrected chi connectivity index (χ4v) is 2.69. The van der Waals surface area contributed by atoms with Crippen molar-refractivity contribution < 1.29 is 23.5 Å². The van der Waals surface area contributed by atoms with E-state index in [1.807, 2.05) is 0 Å². The average molecular weight is 293 g/mol. The number of Topliss-reactive ketones (excluding diaryl/α,β-unsaturated/α-hetero) is 1. The normalized spacial score (nSPS) is 17.3. The molecular formula is C14H9F2NO4. The summed E-state index contributed by atoms with van der Waals surface area (Å²) in [6.07, 6.45) is 0.982. The summed E-state index contributed by atoms with van der Waals surface area (Å²) in [5.74, 6) is -4.71. The van der Waals surface area contributed by atoms with Gasteiger partial charge in [0.05, 0.1) is 16.5 Å². The first-order chi connectivity index (χ1) is 9.82. The van der Waals surface area contributed by atoms with E-state index in [0.717, 1.165) is 6.20 Å². The van der Waals surface area contributed by atoms with Crippen LogP contribution in [0.1, 0.15) is 40.1 Å². The van der Waals surface area contributed by atoms with E-state index < -0.39 is 46.0 Å². The van der Waals surface area contributed by atoms with Crippen LogP contribution in [0.5, 0.6) is 0 Å². The van der Waals surface area contributed by atoms with Crippen LogP contribution in [-0.4, -0.2) is 21.4 Å². The largest absolute Gasteiger partial charge is 0.477 e. The van der Waals surface area contributed by atoms with Crippen LogP contribution in [0.25, 0.3) is 10.9 Å². The maximum absolute atomic E-state index is 13.9. The lowest BCUT2D eigenvalue weighted by Crippen LogP contribution is -2.27. The summed E-state index contributed by atoms with van der Waals surface area (Å²) in [6.45, 7) is 1.64. The van der Waals surface area contributed by atoms with Crippen LogP contribution in [0.2, 0.25) is 0 Å². The molecular weight excluding hydrogens is 284 g/mol. The summed E-state index contributed by atoms with van der Waals surface area (Å²) >= 11 is 0. The molecule has 108 valence electrons. The number of carbonyl (C=O) groups excluding carboxylic acids is 1. The smallest absolute Gasteiger partial charge is 0.341 e. The van der Waals surface area contributed by atoms with Gasteiger partial charge in [0.2, 0.25) is 5.43 Å². The lowest BCUT2D eigenvalue weighted by molar-refractivity contribution is 0.0694. The van der Waals surface area contributed by atoms with Crippen LogP contribution >= 0.6 is 0 Å². The Labute approximate surface area is 116 Å². The Morgan fingerprint density at radius 3 is 2.67 bits per heavy atom. The van der Waals surface area contributed by atoms with E-state index in [9.17, 15) is 23.2 Å². The first-order valence-corrected chi connectivity index (χ1v) is 6.16. The molecule has 1 aliphatic heterocycles. The van der Waals surface area contributed by atoms with Crippen LogP contribution < -0.4 is 5.43 Å². The molecule has 3 rings (SSSR count). The minimum Gasteiger partial charge on any atom is -0.477 e. The topological polar surface area (TPSA) is 76.4 Å². The second-order valence-electron chi connectivity index (χ2n) is 5.00. The maximum atomic E-state index is 13.9. The molecule has 0 aliphatic carbocycles. The van der Waals surface area contributed by atoms with Gasteiger partial charge in [0, 0.05) is 18.7 Å². The Kier molecular flexibility index (Phi) is 2.69. The molecule has 1 atom stereocenters. The van der Waals surface area contributed by atoms with Gasteiger partial charge < -0.3 is 9.67 Å². The standard InChI is InChI=1S/C14H9F2NO4/c1-5-2-9(18)10-11(16)8(15)3-6-12(10)17(5)4-7(13(6)19)14(20)21/h3-5H,2H2,1H3,(H,20,21)/t5-/m1/s1. The quantitative estimate of drug-likeness (QED) is 0.873. The molecule has 2 heterocycles. The molecule has 1 aromatic heterocycles. The van der Waals surface area contributed by atoms with Crippen molar-refractivity contribution in [3.63, 3.8) is 0 Å². The molecule has 0 saturated heterocycles. The number of nitrogens with zero attached hydrogens (tertiary/aromatic N) is 1. The highest BCUT2D eigenvalue weighted by atomic mass is 19.2. The predicted molar refractivity (Wildman–Crippen MR) is 68.7 cm³/mol. The zero-order chi connectivity index (χ0) is 15.5. The number of pyridine rings is 1. The molecule has 0 fully saturated rings. The van der Waals surface area contributed by atoms with Crippen LogP contribution in [0.4, 0.5) is 8.78 Å². The number of carboxylic acids is 1. The highest BCUT2D eigenvalue weighted by Gasteiger charge is 2.31. The summed E-state index contributed by atoms with van der Waals surface area (Å²) in [4.78, 5) is 35.2. The fourth-order valence-electron chi connectivity index (χ4n) is 2.69. The fraction of sp³-hybridized carbons (Fsp3) is 0.214. The number of hydrogen-bond donors (Lipinski definition) is 1.